The number of rotatable bonds is 5. The molecule has 1 unspecified atom stereocenters. The fourth-order valence-electron chi connectivity index (χ4n) is 1.68. The third-order valence-corrected chi connectivity index (χ3v) is 3.39. The summed E-state index contributed by atoms with van der Waals surface area (Å²) in [5, 5.41) is 5.11. The molecule has 6 heteroatoms. The van der Waals surface area contributed by atoms with Gasteiger partial charge in [0.15, 0.2) is 5.13 Å². The van der Waals surface area contributed by atoms with Gasteiger partial charge >= 0.3 is 0 Å². The SMILES string of the molecule is Nc1nc(CNC(=O)CC(N)c2ccccc2)cs1. The van der Waals surface area contributed by atoms with Crippen molar-refractivity contribution in [3.63, 3.8) is 0 Å². The molecule has 2 aromatic rings. The Balaban J connectivity index is 1.81. The van der Waals surface area contributed by atoms with Gasteiger partial charge in [-0.2, -0.15) is 0 Å². The van der Waals surface area contributed by atoms with E-state index in [1.165, 1.54) is 11.3 Å². The van der Waals surface area contributed by atoms with Gasteiger partial charge in [0, 0.05) is 17.8 Å². The lowest BCUT2D eigenvalue weighted by atomic mass is 10.0. The zero-order chi connectivity index (χ0) is 13.7. The number of nitrogens with zero attached hydrogens (tertiary/aromatic N) is 1. The van der Waals surface area contributed by atoms with Gasteiger partial charge in [-0.25, -0.2) is 4.98 Å². The Kier molecular flexibility index (Phi) is 4.48. The number of amides is 1. The number of carbonyl (C=O) groups excluding carboxylic acids is 1. The first kappa shape index (κ1) is 13.5. The van der Waals surface area contributed by atoms with E-state index < -0.39 is 0 Å². The van der Waals surface area contributed by atoms with Crippen LogP contribution in [0.5, 0.6) is 0 Å². The van der Waals surface area contributed by atoms with Crippen molar-refractivity contribution in [1.29, 1.82) is 0 Å². The van der Waals surface area contributed by atoms with Gasteiger partial charge in [0.25, 0.3) is 0 Å². The molecule has 1 aromatic carbocycles. The topological polar surface area (TPSA) is 94.0 Å². The number of nitrogen functional groups attached to an aromatic ring is 1. The van der Waals surface area contributed by atoms with Crippen LogP contribution in [0.2, 0.25) is 0 Å². The monoisotopic (exact) mass is 276 g/mol. The maximum atomic E-state index is 11.8. The lowest BCUT2D eigenvalue weighted by Gasteiger charge is -2.11. The summed E-state index contributed by atoms with van der Waals surface area (Å²) < 4.78 is 0. The van der Waals surface area contributed by atoms with Gasteiger partial charge in [0.05, 0.1) is 12.2 Å². The molecule has 1 atom stereocenters. The highest BCUT2D eigenvalue weighted by molar-refractivity contribution is 7.13. The van der Waals surface area contributed by atoms with Crippen molar-refractivity contribution in [2.75, 3.05) is 5.73 Å². The predicted octanol–water partition coefficient (Wildman–Crippen LogP) is 1.43. The highest BCUT2D eigenvalue weighted by atomic mass is 32.1. The molecule has 5 N–H and O–H groups in total. The molecule has 0 saturated heterocycles. The second-order valence-corrected chi connectivity index (χ2v) is 5.06. The molecule has 0 spiro atoms. The van der Waals surface area contributed by atoms with Gasteiger partial charge in [-0.15, -0.1) is 11.3 Å². The molecule has 0 aliphatic carbocycles. The highest BCUT2D eigenvalue weighted by Crippen LogP contribution is 2.13. The number of anilines is 1. The van der Waals surface area contributed by atoms with Crippen LogP contribution in [0.3, 0.4) is 0 Å². The molecular formula is C13H16N4OS. The zero-order valence-electron chi connectivity index (χ0n) is 10.4. The number of nitrogens with one attached hydrogen (secondary N) is 1. The second-order valence-electron chi connectivity index (χ2n) is 4.18. The van der Waals surface area contributed by atoms with Gasteiger partial charge in [-0.05, 0) is 5.56 Å². The number of benzene rings is 1. The second kappa shape index (κ2) is 6.31. The molecule has 0 aliphatic rings. The molecule has 0 aliphatic heterocycles. The summed E-state index contributed by atoms with van der Waals surface area (Å²) >= 11 is 1.36. The Morgan fingerprint density at radius 3 is 2.74 bits per heavy atom. The molecule has 0 fully saturated rings. The number of nitrogens with two attached hydrogens (primary N) is 2. The summed E-state index contributed by atoms with van der Waals surface area (Å²) in [5.41, 5.74) is 13.2. The Morgan fingerprint density at radius 2 is 2.11 bits per heavy atom. The minimum atomic E-state index is -0.290. The van der Waals surface area contributed by atoms with E-state index in [1.807, 2.05) is 35.7 Å². The maximum absolute atomic E-state index is 11.8. The Hall–Kier alpha value is -1.92. The maximum Gasteiger partial charge on any atom is 0.222 e. The summed E-state index contributed by atoms with van der Waals surface area (Å²) in [4.78, 5) is 15.8. The lowest BCUT2D eigenvalue weighted by Crippen LogP contribution is -2.27. The molecule has 1 heterocycles. The Bertz CT molecular complexity index is 541. The van der Waals surface area contributed by atoms with Crippen molar-refractivity contribution in [3.8, 4) is 0 Å². The summed E-state index contributed by atoms with van der Waals surface area (Å²) in [6.07, 6.45) is 0.254. The summed E-state index contributed by atoms with van der Waals surface area (Å²) in [5.74, 6) is -0.0945. The van der Waals surface area contributed by atoms with Gasteiger partial charge < -0.3 is 16.8 Å². The molecule has 1 aromatic heterocycles. The van der Waals surface area contributed by atoms with Crippen LogP contribution in [-0.4, -0.2) is 10.9 Å². The van der Waals surface area contributed by atoms with Crippen molar-refractivity contribution >= 4 is 22.4 Å². The van der Waals surface area contributed by atoms with Crippen LogP contribution >= 0.6 is 11.3 Å². The normalized spacial score (nSPS) is 12.1. The van der Waals surface area contributed by atoms with Crippen molar-refractivity contribution in [3.05, 3.63) is 47.0 Å². The standard InChI is InChI=1S/C13H16N4OS/c14-11(9-4-2-1-3-5-9)6-12(18)16-7-10-8-19-13(15)17-10/h1-5,8,11H,6-7,14H2,(H2,15,17)(H,16,18). The molecule has 0 radical (unpaired) electrons. The van der Waals surface area contributed by atoms with E-state index in [9.17, 15) is 4.79 Å². The predicted molar refractivity (Wildman–Crippen MR) is 76.4 cm³/mol. The van der Waals surface area contributed by atoms with Crippen LogP contribution in [0, 0.1) is 0 Å². The average Bonchev–Trinajstić information content (AvgIpc) is 2.83. The van der Waals surface area contributed by atoms with E-state index in [1.54, 1.807) is 0 Å². The first-order valence-electron chi connectivity index (χ1n) is 5.92. The van der Waals surface area contributed by atoms with Crippen LogP contribution in [0.25, 0.3) is 0 Å². The minimum Gasteiger partial charge on any atom is -0.375 e. The summed E-state index contributed by atoms with van der Waals surface area (Å²) in [7, 11) is 0. The fraction of sp³-hybridized carbons (Fsp3) is 0.231. The van der Waals surface area contributed by atoms with E-state index in [2.05, 4.69) is 10.3 Å². The van der Waals surface area contributed by atoms with E-state index in [0.717, 1.165) is 11.3 Å². The third kappa shape index (κ3) is 4.04. The van der Waals surface area contributed by atoms with E-state index in [4.69, 9.17) is 11.5 Å². The van der Waals surface area contributed by atoms with Crippen LogP contribution in [-0.2, 0) is 11.3 Å². The van der Waals surface area contributed by atoms with Gasteiger partial charge in [-0.1, -0.05) is 30.3 Å². The van der Waals surface area contributed by atoms with Crippen LogP contribution in [0.4, 0.5) is 5.13 Å². The first-order chi connectivity index (χ1) is 9.15. The smallest absolute Gasteiger partial charge is 0.222 e. The number of hydrogen-bond acceptors (Lipinski definition) is 5. The zero-order valence-corrected chi connectivity index (χ0v) is 11.2. The summed E-state index contributed by atoms with van der Waals surface area (Å²) in [6.45, 7) is 0.383. The van der Waals surface area contributed by atoms with Gasteiger partial charge in [-0.3, -0.25) is 4.79 Å². The van der Waals surface area contributed by atoms with Crippen LogP contribution in [0.15, 0.2) is 35.7 Å². The average molecular weight is 276 g/mol. The van der Waals surface area contributed by atoms with Crippen molar-refractivity contribution in [1.82, 2.24) is 10.3 Å². The van der Waals surface area contributed by atoms with Crippen LogP contribution in [0.1, 0.15) is 23.7 Å². The fourth-order valence-corrected chi connectivity index (χ4v) is 2.25. The van der Waals surface area contributed by atoms with Gasteiger partial charge in [0.1, 0.15) is 0 Å². The molecule has 1 amide bonds. The van der Waals surface area contributed by atoms with E-state index in [-0.39, 0.29) is 18.4 Å². The molecule has 100 valence electrons. The molecule has 19 heavy (non-hydrogen) atoms. The first-order valence-corrected chi connectivity index (χ1v) is 6.80. The number of hydrogen-bond donors (Lipinski definition) is 3. The van der Waals surface area contributed by atoms with E-state index in [0.29, 0.717) is 11.7 Å². The Morgan fingerprint density at radius 1 is 1.37 bits per heavy atom. The molecule has 0 bridgehead atoms. The highest BCUT2D eigenvalue weighted by Gasteiger charge is 2.11. The molecular weight excluding hydrogens is 260 g/mol. The van der Waals surface area contributed by atoms with Crippen molar-refractivity contribution in [2.24, 2.45) is 5.73 Å². The number of aromatic nitrogens is 1. The quantitative estimate of drug-likeness (QED) is 0.770. The largest absolute Gasteiger partial charge is 0.375 e. The van der Waals surface area contributed by atoms with Crippen molar-refractivity contribution < 1.29 is 4.79 Å². The molecule has 2 rings (SSSR count). The van der Waals surface area contributed by atoms with E-state index >= 15 is 0 Å². The number of thiazole rings is 1. The summed E-state index contributed by atoms with van der Waals surface area (Å²) in [6, 6.07) is 9.28. The molecule has 5 nitrogen and oxygen atoms in total. The van der Waals surface area contributed by atoms with Crippen LogP contribution < -0.4 is 16.8 Å². The van der Waals surface area contributed by atoms with Crippen molar-refractivity contribution in [2.45, 2.75) is 19.0 Å². The minimum absolute atomic E-state index is 0.0945. The number of carbonyl (C=O) groups is 1. The lowest BCUT2D eigenvalue weighted by molar-refractivity contribution is -0.121. The van der Waals surface area contributed by atoms with Gasteiger partial charge in [0.2, 0.25) is 5.91 Å². The molecule has 0 saturated carbocycles. The third-order valence-electron chi connectivity index (χ3n) is 2.67. The Labute approximate surface area is 115 Å².